The minimum Gasteiger partial charge on any atom is -0.486 e. The average Bonchev–Trinajstić information content (AvgIpc) is 2.69. The van der Waals surface area contributed by atoms with Gasteiger partial charge in [-0.15, -0.1) is 0 Å². The number of benzene rings is 2. The van der Waals surface area contributed by atoms with E-state index in [1.165, 1.54) is 6.07 Å². The molecule has 0 unspecified atom stereocenters. The largest absolute Gasteiger partial charge is 0.486 e. The first-order chi connectivity index (χ1) is 13.9. The van der Waals surface area contributed by atoms with Crippen LogP contribution in [0.5, 0.6) is 11.5 Å². The summed E-state index contributed by atoms with van der Waals surface area (Å²) in [5, 5.41) is 4.86. The standard InChI is InChI=1S/C20H21F2N3O4/c1-25(10-14-12-28-17-4-2-3-5-18(17)29-14)11-20(27)23-9-19(26)24-13-6-7-15(21)16(22)8-13/h2-8,14H,9-12H2,1H3,(H,23,27)(H,24,26)/t14-/m1/s1. The smallest absolute Gasteiger partial charge is 0.243 e. The van der Waals surface area contributed by atoms with Crippen molar-refractivity contribution in [3.05, 3.63) is 54.1 Å². The van der Waals surface area contributed by atoms with Crippen LogP contribution in [0.4, 0.5) is 14.5 Å². The average molecular weight is 405 g/mol. The second-order valence-electron chi connectivity index (χ2n) is 6.65. The zero-order valence-electron chi connectivity index (χ0n) is 15.8. The number of carbonyl (C=O) groups is 2. The van der Waals surface area contributed by atoms with Crippen LogP contribution < -0.4 is 20.1 Å². The Kier molecular flexibility index (Phi) is 6.61. The van der Waals surface area contributed by atoms with Gasteiger partial charge in [0.15, 0.2) is 23.1 Å². The van der Waals surface area contributed by atoms with E-state index in [-0.39, 0.29) is 30.8 Å². The predicted octanol–water partition coefficient (Wildman–Crippen LogP) is 1.79. The molecular weight excluding hydrogens is 384 g/mol. The highest BCUT2D eigenvalue weighted by molar-refractivity contribution is 5.94. The highest BCUT2D eigenvalue weighted by Crippen LogP contribution is 2.30. The third-order valence-electron chi connectivity index (χ3n) is 4.15. The maximum Gasteiger partial charge on any atom is 0.243 e. The molecule has 1 heterocycles. The molecule has 1 aliphatic heterocycles. The zero-order chi connectivity index (χ0) is 20.8. The number of likely N-dealkylation sites (N-methyl/N-ethyl adjacent to an activating group) is 1. The maximum atomic E-state index is 13.1. The number of para-hydroxylation sites is 2. The molecule has 0 radical (unpaired) electrons. The lowest BCUT2D eigenvalue weighted by Crippen LogP contribution is -2.44. The summed E-state index contributed by atoms with van der Waals surface area (Å²) in [5.74, 6) is -1.62. The topological polar surface area (TPSA) is 79.9 Å². The van der Waals surface area contributed by atoms with Crippen molar-refractivity contribution in [1.29, 1.82) is 0 Å². The molecule has 1 aliphatic rings. The van der Waals surface area contributed by atoms with Crippen LogP contribution in [-0.2, 0) is 9.59 Å². The van der Waals surface area contributed by atoms with E-state index in [0.717, 1.165) is 12.1 Å². The van der Waals surface area contributed by atoms with Crippen LogP contribution in [0.2, 0.25) is 0 Å². The van der Waals surface area contributed by atoms with Crippen molar-refractivity contribution >= 4 is 17.5 Å². The number of ether oxygens (including phenoxy) is 2. The molecule has 3 rings (SSSR count). The van der Waals surface area contributed by atoms with Crippen molar-refractivity contribution in [3.63, 3.8) is 0 Å². The van der Waals surface area contributed by atoms with E-state index >= 15 is 0 Å². The van der Waals surface area contributed by atoms with Crippen molar-refractivity contribution in [3.8, 4) is 11.5 Å². The Morgan fingerprint density at radius 2 is 1.86 bits per heavy atom. The molecule has 2 aromatic carbocycles. The number of nitrogens with one attached hydrogen (secondary N) is 2. The molecule has 2 N–H and O–H groups in total. The first-order valence-corrected chi connectivity index (χ1v) is 8.99. The molecule has 0 fully saturated rings. The van der Waals surface area contributed by atoms with E-state index in [0.29, 0.717) is 24.7 Å². The van der Waals surface area contributed by atoms with Crippen LogP contribution in [0.3, 0.4) is 0 Å². The number of carbonyl (C=O) groups excluding carboxylic acids is 2. The summed E-state index contributed by atoms with van der Waals surface area (Å²) in [4.78, 5) is 25.6. The second kappa shape index (κ2) is 9.33. The molecule has 0 saturated carbocycles. The normalized spacial score (nSPS) is 15.1. The summed E-state index contributed by atoms with van der Waals surface area (Å²) in [5.41, 5.74) is 0.106. The van der Waals surface area contributed by atoms with Crippen LogP contribution in [-0.4, -0.2) is 56.1 Å². The first kappa shape index (κ1) is 20.5. The number of hydrogen-bond donors (Lipinski definition) is 2. The Morgan fingerprint density at radius 1 is 1.10 bits per heavy atom. The molecule has 29 heavy (non-hydrogen) atoms. The molecule has 0 aromatic heterocycles. The summed E-state index contributed by atoms with van der Waals surface area (Å²) >= 11 is 0. The van der Waals surface area contributed by atoms with E-state index in [4.69, 9.17) is 9.47 Å². The number of rotatable bonds is 7. The number of anilines is 1. The van der Waals surface area contributed by atoms with Gasteiger partial charge in [0.25, 0.3) is 0 Å². The van der Waals surface area contributed by atoms with Crippen LogP contribution in [0.1, 0.15) is 0 Å². The van der Waals surface area contributed by atoms with Crippen LogP contribution >= 0.6 is 0 Å². The molecule has 154 valence electrons. The molecule has 0 saturated heterocycles. The molecule has 2 aromatic rings. The minimum absolute atomic E-state index is 0.0555. The highest BCUT2D eigenvalue weighted by Gasteiger charge is 2.22. The number of hydrogen-bond acceptors (Lipinski definition) is 5. The number of fused-ring (bicyclic) bond motifs is 1. The van der Waals surface area contributed by atoms with Crippen molar-refractivity contribution in [1.82, 2.24) is 10.2 Å². The lowest BCUT2D eigenvalue weighted by Gasteiger charge is -2.29. The highest BCUT2D eigenvalue weighted by atomic mass is 19.2. The lowest BCUT2D eigenvalue weighted by molar-refractivity contribution is -0.125. The fourth-order valence-corrected chi connectivity index (χ4v) is 2.82. The van der Waals surface area contributed by atoms with Gasteiger partial charge >= 0.3 is 0 Å². The van der Waals surface area contributed by atoms with Gasteiger partial charge in [0.05, 0.1) is 13.1 Å². The fourth-order valence-electron chi connectivity index (χ4n) is 2.82. The van der Waals surface area contributed by atoms with Crippen LogP contribution in [0.25, 0.3) is 0 Å². The van der Waals surface area contributed by atoms with Crippen LogP contribution in [0.15, 0.2) is 42.5 Å². The van der Waals surface area contributed by atoms with Crippen molar-refractivity contribution in [2.24, 2.45) is 0 Å². The van der Waals surface area contributed by atoms with E-state index in [1.54, 1.807) is 11.9 Å². The van der Waals surface area contributed by atoms with Gasteiger partial charge in [-0.05, 0) is 31.3 Å². The van der Waals surface area contributed by atoms with E-state index in [2.05, 4.69) is 10.6 Å². The third-order valence-corrected chi connectivity index (χ3v) is 4.15. The van der Waals surface area contributed by atoms with E-state index in [1.807, 2.05) is 24.3 Å². The number of nitrogens with zero attached hydrogens (tertiary/aromatic N) is 1. The first-order valence-electron chi connectivity index (χ1n) is 8.99. The Bertz CT molecular complexity index is 894. The van der Waals surface area contributed by atoms with Gasteiger partial charge < -0.3 is 20.1 Å². The quantitative estimate of drug-likeness (QED) is 0.734. The van der Waals surface area contributed by atoms with Gasteiger partial charge in [-0.25, -0.2) is 8.78 Å². The lowest BCUT2D eigenvalue weighted by atomic mass is 10.2. The Labute approximate surface area is 166 Å². The molecular formula is C20H21F2N3O4. The fraction of sp³-hybridized carbons (Fsp3) is 0.300. The minimum atomic E-state index is -1.06. The Morgan fingerprint density at radius 3 is 2.62 bits per heavy atom. The summed E-state index contributed by atoms with van der Waals surface area (Å²) in [7, 11) is 1.75. The maximum absolute atomic E-state index is 13.1. The second-order valence-corrected chi connectivity index (χ2v) is 6.65. The summed E-state index contributed by atoms with van der Waals surface area (Å²) in [6, 6.07) is 10.4. The number of amides is 2. The van der Waals surface area contributed by atoms with Crippen molar-refractivity contribution in [2.75, 3.05) is 38.6 Å². The van der Waals surface area contributed by atoms with E-state index in [9.17, 15) is 18.4 Å². The van der Waals surface area contributed by atoms with Gasteiger partial charge in [0.2, 0.25) is 11.8 Å². The zero-order valence-corrected chi connectivity index (χ0v) is 15.8. The molecule has 0 spiro atoms. The van der Waals surface area contributed by atoms with Crippen molar-refractivity contribution in [2.45, 2.75) is 6.10 Å². The summed E-state index contributed by atoms with van der Waals surface area (Å²) in [6.45, 7) is 0.602. The van der Waals surface area contributed by atoms with Gasteiger partial charge in [0, 0.05) is 18.3 Å². The molecule has 7 nitrogen and oxygen atoms in total. The molecule has 9 heteroatoms. The molecule has 1 atom stereocenters. The van der Waals surface area contributed by atoms with Crippen molar-refractivity contribution < 1.29 is 27.8 Å². The van der Waals surface area contributed by atoms with Gasteiger partial charge in [-0.2, -0.15) is 0 Å². The monoisotopic (exact) mass is 405 g/mol. The summed E-state index contributed by atoms with van der Waals surface area (Å²) < 4.78 is 37.5. The van der Waals surface area contributed by atoms with Gasteiger partial charge in [-0.3, -0.25) is 14.5 Å². The summed E-state index contributed by atoms with van der Waals surface area (Å²) in [6.07, 6.45) is -0.223. The molecule has 0 aliphatic carbocycles. The predicted molar refractivity (Wildman–Crippen MR) is 102 cm³/mol. The van der Waals surface area contributed by atoms with Crippen LogP contribution in [0, 0.1) is 11.6 Å². The van der Waals surface area contributed by atoms with Gasteiger partial charge in [0.1, 0.15) is 12.7 Å². The van der Waals surface area contributed by atoms with Gasteiger partial charge in [-0.1, -0.05) is 12.1 Å². The Hall–Kier alpha value is -3.20. The SMILES string of the molecule is CN(CC(=O)NCC(=O)Nc1ccc(F)c(F)c1)C[C@@H]1COc2ccccc2O1. The van der Waals surface area contributed by atoms with E-state index < -0.39 is 17.5 Å². The number of halogens is 2. The third kappa shape index (κ3) is 5.89. The molecule has 2 amide bonds. The Balaban J connectivity index is 1.38. The molecule has 0 bridgehead atoms.